The summed E-state index contributed by atoms with van der Waals surface area (Å²) >= 11 is 6.33. The van der Waals surface area contributed by atoms with Gasteiger partial charge in [0.05, 0.1) is 18.7 Å². The van der Waals surface area contributed by atoms with Crippen molar-refractivity contribution in [1.29, 1.82) is 0 Å². The third-order valence-electron chi connectivity index (χ3n) is 5.99. The molecule has 3 aromatic rings. The Bertz CT molecular complexity index is 1100. The molecule has 4 rings (SSSR count). The second kappa shape index (κ2) is 7.85. The molecule has 29 heavy (non-hydrogen) atoms. The van der Waals surface area contributed by atoms with E-state index in [9.17, 15) is 4.39 Å². The van der Waals surface area contributed by atoms with Crippen LogP contribution in [0.2, 0.25) is 5.02 Å². The Morgan fingerprint density at radius 2 is 2.07 bits per heavy atom. The van der Waals surface area contributed by atoms with Crippen molar-refractivity contribution in [3.05, 3.63) is 64.1 Å². The van der Waals surface area contributed by atoms with Gasteiger partial charge in [0.15, 0.2) is 11.6 Å². The van der Waals surface area contributed by atoms with E-state index in [0.717, 1.165) is 41.1 Å². The first-order valence-electron chi connectivity index (χ1n) is 9.99. The summed E-state index contributed by atoms with van der Waals surface area (Å²) in [4.78, 5) is 2.41. The van der Waals surface area contributed by atoms with Gasteiger partial charge in [-0.05, 0) is 73.8 Å². The normalized spacial score (nSPS) is 17.6. The molecule has 1 aromatic heterocycles. The molecule has 0 saturated carbocycles. The van der Waals surface area contributed by atoms with Crippen LogP contribution in [0, 0.1) is 5.82 Å². The molecule has 0 amide bonds. The van der Waals surface area contributed by atoms with Gasteiger partial charge in [-0.25, -0.2) is 4.39 Å². The van der Waals surface area contributed by atoms with Crippen LogP contribution in [0.5, 0.6) is 5.75 Å². The van der Waals surface area contributed by atoms with Gasteiger partial charge in [0.25, 0.3) is 0 Å². The van der Waals surface area contributed by atoms with Crippen molar-refractivity contribution in [2.45, 2.75) is 32.7 Å². The van der Waals surface area contributed by atoms with E-state index in [0.29, 0.717) is 6.04 Å². The number of nitrogens with zero attached hydrogens (tertiary/aromatic N) is 2. The zero-order valence-electron chi connectivity index (χ0n) is 17.3. The summed E-state index contributed by atoms with van der Waals surface area (Å²) in [5, 5.41) is 1.96. The molecule has 3 nitrogen and oxygen atoms in total. The van der Waals surface area contributed by atoms with Crippen molar-refractivity contribution in [3.8, 4) is 5.75 Å². The average molecular weight is 413 g/mol. The fourth-order valence-corrected chi connectivity index (χ4v) is 4.65. The summed E-state index contributed by atoms with van der Waals surface area (Å²) in [5.41, 5.74) is 5.65. The molecular weight excluding hydrogens is 387 g/mol. The van der Waals surface area contributed by atoms with E-state index in [-0.39, 0.29) is 11.6 Å². The molecule has 2 heterocycles. The van der Waals surface area contributed by atoms with Crippen molar-refractivity contribution in [3.63, 3.8) is 0 Å². The summed E-state index contributed by atoms with van der Waals surface area (Å²) in [5.74, 6) is -0.0947. The largest absolute Gasteiger partial charge is 0.494 e. The molecule has 0 aliphatic carbocycles. The van der Waals surface area contributed by atoms with E-state index in [2.05, 4.69) is 41.8 Å². The van der Waals surface area contributed by atoms with Gasteiger partial charge in [-0.2, -0.15) is 0 Å². The van der Waals surface area contributed by atoms with Gasteiger partial charge < -0.3 is 9.30 Å². The number of ether oxygens (including phenoxy) is 1. The van der Waals surface area contributed by atoms with E-state index in [4.69, 9.17) is 16.3 Å². The minimum atomic E-state index is -0.352. The number of hydrogen-bond donors (Lipinski definition) is 0. The van der Waals surface area contributed by atoms with Crippen LogP contribution in [0.25, 0.3) is 22.7 Å². The number of halogens is 2. The Hall–Kier alpha value is -2.30. The van der Waals surface area contributed by atoms with Gasteiger partial charge in [-0.3, -0.25) is 4.90 Å². The molecule has 152 valence electrons. The summed E-state index contributed by atoms with van der Waals surface area (Å²) in [6.45, 7) is 5.27. The number of fused-ring (bicyclic) bond motifs is 3. The van der Waals surface area contributed by atoms with Crippen molar-refractivity contribution in [2.24, 2.45) is 0 Å². The van der Waals surface area contributed by atoms with Gasteiger partial charge in [-0.15, -0.1) is 0 Å². The number of allylic oxidation sites excluding steroid dienone is 1. The molecule has 1 aliphatic rings. The van der Waals surface area contributed by atoms with Gasteiger partial charge in [0.2, 0.25) is 0 Å². The molecule has 0 saturated heterocycles. The molecule has 0 N–H and O–H groups in total. The zero-order chi connectivity index (χ0) is 20.7. The van der Waals surface area contributed by atoms with Crippen LogP contribution in [0.1, 0.15) is 43.1 Å². The van der Waals surface area contributed by atoms with Crippen molar-refractivity contribution in [1.82, 2.24) is 9.47 Å². The highest BCUT2D eigenvalue weighted by Gasteiger charge is 2.29. The Morgan fingerprint density at radius 1 is 1.28 bits per heavy atom. The summed E-state index contributed by atoms with van der Waals surface area (Å²) in [7, 11) is 3.66. The lowest BCUT2D eigenvalue weighted by Crippen LogP contribution is -2.32. The predicted molar refractivity (Wildman–Crippen MR) is 119 cm³/mol. The highest BCUT2D eigenvalue weighted by Crippen LogP contribution is 2.39. The summed E-state index contributed by atoms with van der Waals surface area (Å²) in [6.07, 6.45) is 4.14. The third kappa shape index (κ3) is 3.45. The molecule has 2 aromatic carbocycles. The van der Waals surface area contributed by atoms with Gasteiger partial charge in [0.1, 0.15) is 0 Å². The first-order valence-corrected chi connectivity index (χ1v) is 10.4. The molecule has 5 heteroatoms. The molecule has 0 spiro atoms. The van der Waals surface area contributed by atoms with E-state index in [1.165, 1.54) is 29.8 Å². The van der Waals surface area contributed by atoms with Crippen LogP contribution >= 0.6 is 11.6 Å². The summed E-state index contributed by atoms with van der Waals surface area (Å²) in [6, 6.07) is 11.5. The summed E-state index contributed by atoms with van der Waals surface area (Å²) < 4.78 is 21.6. The second-order valence-electron chi connectivity index (χ2n) is 7.71. The number of hydrogen-bond acceptors (Lipinski definition) is 2. The molecule has 1 unspecified atom stereocenters. The Balaban J connectivity index is 1.92. The van der Waals surface area contributed by atoms with Crippen LogP contribution < -0.4 is 4.74 Å². The monoisotopic (exact) mass is 412 g/mol. The lowest BCUT2D eigenvalue weighted by molar-refractivity contribution is 0.220. The number of aromatic nitrogens is 1. The predicted octanol–water partition coefficient (Wildman–Crippen LogP) is 6.40. The minimum absolute atomic E-state index is 0.257. The number of benzene rings is 2. The van der Waals surface area contributed by atoms with Gasteiger partial charge >= 0.3 is 0 Å². The van der Waals surface area contributed by atoms with Crippen LogP contribution in [0.15, 0.2) is 36.4 Å². The number of likely N-dealkylation sites (N-methyl/N-ethyl adjacent to an activating group) is 1. The van der Waals surface area contributed by atoms with Gasteiger partial charge in [0, 0.05) is 28.8 Å². The maximum Gasteiger partial charge on any atom is 0.165 e. The third-order valence-corrected chi connectivity index (χ3v) is 6.23. The lowest BCUT2D eigenvalue weighted by atomic mass is 9.96. The van der Waals surface area contributed by atoms with Crippen LogP contribution in [-0.2, 0) is 6.42 Å². The Kier molecular flexibility index (Phi) is 5.41. The minimum Gasteiger partial charge on any atom is -0.494 e. The molecule has 1 aliphatic heterocycles. The quantitative estimate of drug-likeness (QED) is 0.493. The van der Waals surface area contributed by atoms with Crippen molar-refractivity contribution < 1.29 is 9.13 Å². The lowest BCUT2D eigenvalue weighted by Gasteiger charge is -2.33. The van der Waals surface area contributed by atoms with E-state index < -0.39 is 0 Å². The highest BCUT2D eigenvalue weighted by molar-refractivity contribution is 6.31. The van der Waals surface area contributed by atoms with Crippen LogP contribution in [-0.4, -0.2) is 30.2 Å². The van der Waals surface area contributed by atoms with Crippen LogP contribution in [0.3, 0.4) is 0 Å². The molecule has 1 atom stereocenters. The van der Waals surface area contributed by atoms with Crippen molar-refractivity contribution >= 4 is 34.3 Å². The second-order valence-corrected chi connectivity index (χ2v) is 8.15. The fourth-order valence-electron chi connectivity index (χ4n) is 4.47. The average Bonchev–Trinajstić information content (AvgIpc) is 3.00. The molecular formula is C24H26ClFN2O. The maximum atomic E-state index is 14.2. The highest BCUT2D eigenvalue weighted by atomic mass is 35.5. The number of rotatable bonds is 4. The van der Waals surface area contributed by atoms with E-state index in [1.807, 2.05) is 19.1 Å². The zero-order valence-corrected chi connectivity index (χ0v) is 18.1. The standard InChI is InChI=1S/C24H26ClFN2O/c1-5-21-24-18(10-11-27(21)3)19-13-17(25)7-8-22(19)28(24)14-15(2)16-6-9-23(29-4)20(26)12-16/h6-9,12-14,21H,5,10-11H2,1-4H3/b15-14+. The van der Waals surface area contributed by atoms with Gasteiger partial charge in [-0.1, -0.05) is 24.6 Å². The maximum absolute atomic E-state index is 14.2. The number of methoxy groups -OCH3 is 1. The molecule has 0 radical (unpaired) electrons. The smallest absolute Gasteiger partial charge is 0.165 e. The first kappa shape index (κ1) is 20.0. The van der Waals surface area contributed by atoms with E-state index in [1.54, 1.807) is 6.07 Å². The fraction of sp³-hybridized carbons (Fsp3) is 0.333. The molecule has 0 bridgehead atoms. The Labute approximate surface area is 176 Å². The topological polar surface area (TPSA) is 17.4 Å². The Morgan fingerprint density at radius 3 is 2.76 bits per heavy atom. The van der Waals surface area contributed by atoms with E-state index >= 15 is 0 Å². The molecule has 0 fully saturated rings. The SMILES string of the molecule is CCC1c2c(c3cc(Cl)ccc3n2/C=C(\C)c2ccc(OC)c(F)c2)CCN1C. The van der Waals surface area contributed by atoms with Crippen molar-refractivity contribution in [2.75, 3.05) is 20.7 Å². The van der Waals surface area contributed by atoms with Crippen LogP contribution in [0.4, 0.5) is 4.39 Å². The first-order chi connectivity index (χ1) is 13.9.